The fourth-order valence-corrected chi connectivity index (χ4v) is 2.47. The standard InChI is InChI=1S/C15H23N3O2/c1-20-14-11-12(16)5-6-13(14)17-15(19)7-10-18-8-3-2-4-9-18/h5-6,11H,2-4,7-10,16H2,1H3,(H,17,19). The Morgan fingerprint density at radius 1 is 1.35 bits per heavy atom. The topological polar surface area (TPSA) is 67.6 Å². The summed E-state index contributed by atoms with van der Waals surface area (Å²) in [4.78, 5) is 14.3. The predicted molar refractivity (Wildman–Crippen MR) is 80.9 cm³/mol. The van der Waals surface area contributed by atoms with Crippen molar-refractivity contribution in [2.75, 3.05) is 37.8 Å². The Morgan fingerprint density at radius 3 is 2.80 bits per heavy atom. The summed E-state index contributed by atoms with van der Waals surface area (Å²) >= 11 is 0. The molecular formula is C15H23N3O2. The number of rotatable bonds is 5. The molecule has 0 saturated carbocycles. The van der Waals surface area contributed by atoms with Crippen LogP contribution in [0.25, 0.3) is 0 Å². The molecule has 1 fully saturated rings. The van der Waals surface area contributed by atoms with Crippen molar-refractivity contribution < 1.29 is 9.53 Å². The molecule has 3 N–H and O–H groups in total. The first-order valence-electron chi connectivity index (χ1n) is 7.15. The smallest absolute Gasteiger partial charge is 0.225 e. The molecule has 0 radical (unpaired) electrons. The summed E-state index contributed by atoms with van der Waals surface area (Å²) in [6.07, 6.45) is 4.31. The Labute approximate surface area is 120 Å². The van der Waals surface area contributed by atoms with Gasteiger partial charge in [-0.3, -0.25) is 4.79 Å². The number of likely N-dealkylation sites (tertiary alicyclic amines) is 1. The molecule has 0 bridgehead atoms. The van der Waals surface area contributed by atoms with Crippen molar-refractivity contribution in [2.24, 2.45) is 0 Å². The second kappa shape index (κ2) is 7.14. The molecule has 0 aromatic heterocycles. The minimum atomic E-state index is 0.0126. The van der Waals surface area contributed by atoms with Crippen LogP contribution in [0.5, 0.6) is 5.75 Å². The van der Waals surface area contributed by atoms with Gasteiger partial charge in [0.25, 0.3) is 0 Å². The van der Waals surface area contributed by atoms with Crippen molar-refractivity contribution in [3.63, 3.8) is 0 Å². The van der Waals surface area contributed by atoms with Gasteiger partial charge in [-0.05, 0) is 38.1 Å². The molecule has 1 aliphatic heterocycles. The number of hydrogen-bond acceptors (Lipinski definition) is 4. The van der Waals surface area contributed by atoms with Crippen molar-refractivity contribution in [2.45, 2.75) is 25.7 Å². The lowest BCUT2D eigenvalue weighted by molar-refractivity contribution is -0.116. The minimum Gasteiger partial charge on any atom is -0.494 e. The highest BCUT2D eigenvalue weighted by Crippen LogP contribution is 2.26. The van der Waals surface area contributed by atoms with Crippen LogP contribution >= 0.6 is 0 Å². The molecule has 0 spiro atoms. The van der Waals surface area contributed by atoms with Gasteiger partial charge in [-0.1, -0.05) is 6.42 Å². The molecule has 5 nitrogen and oxygen atoms in total. The summed E-state index contributed by atoms with van der Waals surface area (Å²) in [7, 11) is 1.57. The first-order chi connectivity index (χ1) is 9.69. The summed E-state index contributed by atoms with van der Waals surface area (Å²) in [5.74, 6) is 0.606. The van der Waals surface area contributed by atoms with Gasteiger partial charge in [0, 0.05) is 24.7 Å². The second-order valence-corrected chi connectivity index (χ2v) is 5.16. The van der Waals surface area contributed by atoms with Crippen molar-refractivity contribution in [1.29, 1.82) is 0 Å². The zero-order chi connectivity index (χ0) is 14.4. The molecule has 1 aromatic carbocycles. The van der Waals surface area contributed by atoms with Gasteiger partial charge in [0.15, 0.2) is 0 Å². The quantitative estimate of drug-likeness (QED) is 0.809. The SMILES string of the molecule is COc1cc(N)ccc1NC(=O)CCN1CCCCC1. The number of piperidine rings is 1. The number of ether oxygens (including phenoxy) is 1. The molecule has 0 unspecified atom stereocenters. The number of carbonyl (C=O) groups is 1. The summed E-state index contributed by atoms with van der Waals surface area (Å²) < 4.78 is 5.22. The largest absolute Gasteiger partial charge is 0.494 e. The van der Waals surface area contributed by atoms with E-state index < -0.39 is 0 Å². The number of nitrogens with one attached hydrogen (secondary N) is 1. The van der Waals surface area contributed by atoms with Gasteiger partial charge < -0.3 is 20.7 Å². The van der Waals surface area contributed by atoms with Crippen LogP contribution in [0.1, 0.15) is 25.7 Å². The van der Waals surface area contributed by atoms with Crippen LogP contribution in [0.3, 0.4) is 0 Å². The average molecular weight is 277 g/mol. The molecule has 1 aromatic rings. The highest BCUT2D eigenvalue weighted by atomic mass is 16.5. The normalized spacial score (nSPS) is 15.8. The maximum absolute atomic E-state index is 12.0. The van der Waals surface area contributed by atoms with Crippen molar-refractivity contribution >= 4 is 17.3 Å². The number of nitrogens with two attached hydrogens (primary N) is 1. The maximum atomic E-state index is 12.0. The Morgan fingerprint density at radius 2 is 2.10 bits per heavy atom. The number of methoxy groups -OCH3 is 1. The highest BCUT2D eigenvalue weighted by molar-refractivity contribution is 5.92. The number of benzene rings is 1. The monoisotopic (exact) mass is 277 g/mol. The summed E-state index contributed by atoms with van der Waals surface area (Å²) in [5.41, 5.74) is 6.98. The average Bonchev–Trinajstić information content (AvgIpc) is 2.48. The van der Waals surface area contributed by atoms with Crippen molar-refractivity contribution in [3.05, 3.63) is 18.2 Å². The van der Waals surface area contributed by atoms with Gasteiger partial charge in [-0.15, -0.1) is 0 Å². The third-order valence-electron chi connectivity index (χ3n) is 3.60. The third-order valence-corrected chi connectivity index (χ3v) is 3.60. The maximum Gasteiger partial charge on any atom is 0.225 e. The Bertz CT molecular complexity index is 456. The van der Waals surface area contributed by atoms with Crippen LogP contribution in [0.2, 0.25) is 0 Å². The first kappa shape index (κ1) is 14.7. The Hall–Kier alpha value is -1.75. The van der Waals surface area contributed by atoms with Crippen LogP contribution < -0.4 is 15.8 Å². The number of amides is 1. The summed E-state index contributed by atoms with van der Waals surface area (Å²) in [6, 6.07) is 5.23. The minimum absolute atomic E-state index is 0.0126. The van der Waals surface area contributed by atoms with E-state index in [9.17, 15) is 4.79 Å². The number of nitrogens with zero attached hydrogens (tertiary/aromatic N) is 1. The highest BCUT2D eigenvalue weighted by Gasteiger charge is 2.13. The van der Waals surface area contributed by atoms with Gasteiger partial charge in [0.05, 0.1) is 12.8 Å². The number of anilines is 2. The number of hydrogen-bond donors (Lipinski definition) is 2. The fraction of sp³-hybridized carbons (Fsp3) is 0.533. The van der Waals surface area contributed by atoms with Gasteiger partial charge >= 0.3 is 0 Å². The molecule has 1 heterocycles. The van der Waals surface area contributed by atoms with E-state index in [0.29, 0.717) is 23.5 Å². The lowest BCUT2D eigenvalue weighted by Crippen LogP contribution is -2.32. The number of nitrogen functional groups attached to an aromatic ring is 1. The lowest BCUT2D eigenvalue weighted by Gasteiger charge is -2.26. The van der Waals surface area contributed by atoms with E-state index in [4.69, 9.17) is 10.5 Å². The Balaban J connectivity index is 1.84. The van der Waals surface area contributed by atoms with Crippen LogP contribution in [0.4, 0.5) is 11.4 Å². The molecule has 1 saturated heterocycles. The molecule has 20 heavy (non-hydrogen) atoms. The molecule has 0 atom stereocenters. The van der Waals surface area contributed by atoms with Gasteiger partial charge in [-0.2, -0.15) is 0 Å². The van der Waals surface area contributed by atoms with E-state index >= 15 is 0 Å². The van der Waals surface area contributed by atoms with E-state index in [1.54, 1.807) is 25.3 Å². The van der Waals surface area contributed by atoms with Crippen LogP contribution in [-0.4, -0.2) is 37.6 Å². The second-order valence-electron chi connectivity index (χ2n) is 5.16. The van der Waals surface area contributed by atoms with E-state index in [1.807, 2.05) is 0 Å². The molecule has 0 aliphatic carbocycles. The van der Waals surface area contributed by atoms with Crippen LogP contribution in [0.15, 0.2) is 18.2 Å². The Kier molecular flexibility index (Phi) is 5.24. The zero-order valence-electron chi connectivity index (χ0n) is 12.0. The summed E-state index contributed by atoms with van der Waals surface area (Å²) in [5, 5.41) is 2.88. The summed E-state index contributed by atoms with van der Waals surface area (Å²) in [6.45, 7) is 3.04. The molecule has 110 valence electrons. The molecule has 1 aliphatic rings. The molecular weight excluding hydrogens is 254 g/mol. The van der Waals surface area contributed by atoms with Crippen LogP contribution in [0, 0.1) is 0 Å². The van der Waals surface area contributed by atoms with Crippen molar-refractivity contribution in [3.8, 4) is 5.75 Å². The van der Waals surface area contributed by atoms with Gasteiger partial charge in [-0.25, -0.2) is 0 Å². The van der Waals surface area contributed by atoms with Crippen LogP contribution in [-0.2, 0) is 4.79 Å². The van der Waals surface area contributed by atoms with E-state index in [-0.39, 0.29) is 5.91 Å². The van der Waals surface area contributed by atoms with Gasteiger partial charge in [0.2, 0.25) is 5.91 Å². The van der Waals surface area contributed by atoms with E-state index in [0.717, 1.165) is 19.6 Å². The van der Waals surface area contributed by atoms with E-state index in [2.05, 4.69) is 10.2 Å². The third kappa shape index (κ3) is 4.13. The van der Waals surface area contributed by atoms with E-state index in [1.165, 1.54) is 19.3 Å². The number of carbonyl (C=O) groups excluding carboxylic acids is 1. The molecule has 5 heteroatoms. The predicted octanol–water partition coefficient (Wildman–Crippen LogP) is 2.09. The molecule has 1 amide bonds. The van der Waals surface area contributed by atoms with Gasteiger partial charge in [0.1, 0.15) is 5.75 Å². The fourth-order valence-electron chi connectivity index (χ4n) is 2.47. The zero-order valence-corrected chi connectivity index (χ0v) is 12.0. The first-order valence-corrected chi connectivity index (χ1v) is 7.15. The van der Waals surface area contributed by atoms with Crippen molar-refractivity contribution in [1.82, 2.24) is 4.90 Å². The lowest BCUT2D eigenvalue weighted by atomic mass is 10.1. The molecule has 2 rings (SSSR count).